The molecule has 0 atom stereocenters. The third-order valence-corrected chi connectivity index (χ3v) is 3.32. The SMILES string of the molecule is O=C(CCCl)NCc1nc2ccccc2s1. The van der Waals surface area contributed by atoms with Crippen LogP contribution in [0.5, 0.6) is 0 Å². The summed E-state index contributed by atoms with van der Waals surface area (Å²) in [7, 11) is 0. The molecule has 3 nitrogen and oxygen atoms in total. The van der Waals surface area contributed by atoms with E-state index in [2.05, 4.69) is 10.3 Å². The van der Waals surface area contributed by atoms with E-state index in [1.54, 1.807) is 11.3 Å². The number of halogens is 1. The molecule has 2 aromatic rings. The maximum absolute atomic E-state index is 11.2. The maximum Gasteiger partial charge on any atom is 0.221 e. The number of thiazole rings is 1. The average Bonchev–Trinajstić information content (AvgIpc) is 2.69. The number of carbonyl (C=O) groups is 1. The van der Waals surface area contributed by atoms with E-state index in [-0.39, 0.29) is 5.91 Å². The van der Waals surface area contributed by atoms with Gasteiger partial charge in [-0.05, 0) is 12.1 Å². The van der Waals surface area contributed by atoms with Gasteiger partial charge in [0.2, 0.25) is 5.91 Å². The predicted molar refractivity (Wildman–Crippen MR) is 66.8 cm³/mol. The quantitative estimate of drug-likeness (QED) is 0.852. The molecule has 0 aliphatic heterocycles. The summed E-state index contributed by atoms with van der Waals surface area (Å²) in [5.41, 5.74) is 0.981. The lowest BCUT2D eigenvalue weighted by Gasteiger charge is -1.99. The number of amides is 1. The number of hydrogen-bond acceptors (Lipinski definition) is 3. The first kappa shape index (κ1) is 11.4. The highest BCUT2D eigenvalue weighted by molar-refractivity contribution is 7.18. The molecule has 0 unspecified atom stereocenters. The van der Waals surface area contributed by atoms with Crippen LogP contribution in [0.3, 0.4) is 0 Å². The van der Waals surface area contributed by atoms with Crippen LogP contribution in [0.25, 0.3) is 10.2 Å². The largest absolute Gasteiger partial charge is 0.350 e. The van der Waals surface area contributed by atoms with Crippen LogP contribution in [-0.2, 0) is 11.3 Å². The van der Waals surface area contributed by atoms with Gasteiger partial charge < -0.3 is 5.32 Å². The number of nitrogens with zero attached hydrogens (tertiary/aromatic N) is 1. The number of hydrogen-bond donors (Lipinski definition) is 1. The number of para-hydroxylation sites is 1. The smallest absolute Gasteiger partial charge is 0.221 e. The fraction of sp³-hybridized carbons (Fsp3) is 0.273. The number of rotatable bonds is 4. The summed E-state index contributed by atoms with van der Waals surface area (Å²) in [4.78, 5) is 15.6. The van der Waals surface area contributed by atoms with Crippen molar-refractivity contribution in [2.75, 3.05) is 5.88 Å². The van der Waals surface area contributed by atoms with E-state index in [9.17, 15) is 4.79 Å². The van der Waals surface area contributed by atoms with Gasteiger partial charge in [-0.25, -0.2) is 4.98 Å². The number of alkyl halides is 1. The van der Waals surface area contributed by atoms with E-state index < -0.39 is 0 Å². The summed E-state index contributed by atoms with van der Waals surface area (Å²) in [5, 5.41) is 3.71. The summed E-state index contributed by atoms with van der Waals surface area (Å²) in [6, 6.07) is 7.93. The molecule has 0 saturated carbocycles. The molecule has 1 heterocycles. The molecule has 0 bridgehead atoms. The molecule has 1 aromatic carbocycles. The first-order valence-electron chi connectivity index (χ1n) is 4.96. The van der Waals surface area contributed by atoms with Gasteiger partial charge >= 0.3 is 0 Å². The third kappa shape index (κ3) is 2.71. The van der Waals surface area contributed by atoms with E-state index >= 15 is 0 Å². The Kier molecular flexibility index (Phi) is 3.74. The third-order valence-electron chi connectivity index (χ3n) is 2.10. The molecular weight excluding hydrogens is 244 g/mol. The lowest BCUT2D eigenvalue weighted by Crippen LogP contribution is -2.22. The summed E-state index contributed by atoms with van der Waals surface area (Å²) in [5.74, 6) is 0.320. The fourth-order valence-electron chi connectivity index (χ4n) is 1.34. The zero-order valence-electron chi connectivity index (χ0n) is 8.57. The average molecular weight is 255 g/mol. The van der Waals surface area contributed by atoms with Crippen molar-refractivity contribution < 1.29 is 4.79 Å². The minimum Gasteiger partial charge on any atom is -0.350 e. The summed E-state index contributed by atoms with van der Waals surface area (Å²) in [6.07, 6.45) is 0.354. The zero-order valence-corrected chi connectivity index (χ0v) is 10.1. The Morgan fingerprint density at radius 3 is 3.00 bits per heavy atom. The van der Waals surface area contributed by atoms with Crippen molar-refractivity contribution in [3.8, 4) is 0 Å². The number of aromatic nitrogens is 1. The van der Waals surface area contributed by atoms with E-state index in [4.69, 9.17) is 11.6 Å². The highest BCUT2D eigenvalue weighted by Gasteiger charge is 2.04. The molecule has 84 valence electrons. The van der Waals surface area contributed by atoms with Crippen LogP contribution < -0.4 is 5.32 Å². The van der Waals surface area contributed by atoms with Gasteiger partial charge in [0.15, 0.2) is 0 Å². The molecule has 2 rings (SSSR count). The van der Waals surface area contributed by atoms with Gasteiger partial charge in [0.25, 0.3) is 0 Å². The summed E-state index contributed by atoms with van der Waals surface area (Å²) < 4.78 is 1.14. The van der Waals surface area contributed by atoms with Crippen LogP contribution in [0, 0.1) is 0 Å². The van der Waals surface area contributed by atoms with Crippen LogP contribution in [0.15, 0.2) is 24.3 Å². The van der Waals surface area contributed by atoms with Gasteiger partial charge in [-0.15, -0.1) is 22.9 Å². The molecule has 1 N–H and O–H groups in total. The molecular formula is C11H11ClN2OS. The predicted octanol–water partition coefficient (Wildman–Crippen LogP) is 2.54. The van der Waals surface area contributed by atoms with E-state index in [0.29, 0.717) is 18.8 Å². The van der Waals surface area contributed by atoms with Crippen LogP contribution in [-0.4, -0.2) is 16.8 Å². The lowest BCUT2D eigenvalue weighted by molar-refractivity contribution is -0.120. The Balaban J connectivity index is 2.02. The summed E-state index contributed by atoms with van der Waals surface area (Å²) in [6.45, 7) is 0.481. The van der Waals surface area contributed by atoms with Crippen molar-refractivity contribution in [2.24, 2.45) is 0 Å². The number of benzene rings is 1. The van der Waals surface area contributed by atoms with Gasteiger partial charge in [0, 0.05) is 12.3 Å². The standard InChI is InChI=1S/C11H11ClN2OS/c12-6-5-10(15)13-7-11-14-8-3-1-2-4-9(8)16-11/h1-4H,5-7H2,(H,13,15). The highest BCUT2D eigenvalue weighted by atomic mass is 35.5. The molecule has 16 heavy (non-hydrogen) atoms. The van der Waals surface area contributed by atoms with Crippen molar-refractivity contribution in [3.05, 3.63) is 29.3 Å². The number of carbonyl (C=O) groups excluding carboxylic acids is 1. The fourth-order valence-corrected chi connectivity index (χ4v) is 2.42. The van der Waals surface area contributed by atoms with Gasteiger partial charge in [-0.2, -0.15) is 0 Å². The van der Waals surface area contributed by atoms with Crippen LogP contribution >= 0.6 is 22.9 Å². The molecule has 0 aliphatic carbocycles. The second-order valence-electron chi connectivity index (χ2n) is 3.29. The molecule has 0 radical (unpaired) electrons. The van der Waals surface area contributed by atoms with Gasteiger partial charge in [-0.1, -0.05) is 12.1 Å². The minimum absolute atomic E-state index is 0.0331. The Labute approximate surface area is 102 Å². The topological polar surface area (TPSA) is 42.0 Å². The second-order valence-corrected chi connectivity index (χ2v) is 4.78. The van der Waals surface area contributed by atoms with Crippen LogP contribution in [0.1, 0.15) is 11.4 Å². The first-order chi connectivity index (χ1) is 7.79. The van der Waals surface area contributed by atoms with Crippen molar-refractivity contribution in [1.29, 1.82) is 0 Å². The van der Waals surface area contributed by atoms with Gasteiger partial charge in [0.05, 0.1) is 16.8 Å². The van der Waals surface area contributed by atoms with Gasteiger partial charge in [0.1, 0.15) is 5.01 Å². The zero-order chi connectivity index (χ0) is 11.4. The molecule has 5 heteroatoms. The molecule has 0 fully saturated rings. The second kappa shape index (κ2) is 5.27. The highest BCUT2D eigenvalue weighted by Crippen LogP contribution is 2.21. The van der Waals surface area contributed by atoms with Gasteiger partial charge in [-0.3, -0.25) is 4.79 Å². The molecule has 1 amide bonds. The van der Waals surface area contributed by atoms with Crippen LogP contribution in [0.2, 0.25) is 0 Å². The lowest BCUT2D eigenvalue weighted by atomic mass is 10.3. The summed E-state index contributed by atoms with van der Waals surface area (Å²) >= 11 is 7.07. The minimum atomic E-state index is -0.0331. The number of nitrogens with one attached hydrogen (secondary N) is 1. The van der Waals surface area contributed by atoms with Crippen molar-refractivity contribution in [3.63, 3.8) is 0 Å². The monoisotopic (exact) mass is 254 g/mol. The van der Waals surface area contributed by atoms with Crippen LogP contribution in [0.4, 0.5) is 0 Å². The number of fused-ring (bicyclic) bond motifs is 1. The Bertz CT molecular complexity index is 464. The first-order valence-corrected chi connectivity index (χ1v) is 6.32. The molecule has 0 spiro atoms. The molecule has 1 aromatic heterocycles. The Hall–Kier alpha value is -1.13. The van der Waals surface area contributed by atoms with Crippen molar-refractivity contribution >= 4 is 39.1 Å². The molecule has 0 aliphatic rings. The van der Waals surface area contributed by atoms with E-state index in [1.807, 2.05) is 24.3 Å². The van der Waals surface area contributed by atoms with Crippen molar-refractivity contribution in [2.45, 2.75) is 13.0 Å². The van der Waals surface area contributed by atoms with E-state index in [1.165, 1.54) is 0 Å². The Morgan fingerprint density at radius 2 is 2.25 bits per heavy atom. The van der Waals surface area contributed by atoms with E-state index in [0.717, 1.165) is 15.2 Å². The normalized spacial score (nSPS) is 10.6. The molecule has 0 saturated heterocycles. The Morgan fingerprint density at radius 1 is 1.44 bits per heavy atom. The maximum atomic E-state index is 11.2. The van der Waals surface area contributed by atoms with Crippen molar-refractivity contribution in [1.82, 2.24) is 10.3 Å².